The lowest BCUT2D eigenvalue weighted by Crippen LogP contribution is -1.96. The number of rotatable bonds is 5. The molecule has 0 fully saturated rings. The second-order valence-electron chi connectivity index (χ2n) is 4.92. The van der Waals surface area contributed by atoms with Crippen molar-refractivity contribution in [2.75, 3.05) is 6.61 Å². The molecule has 0 heterocycles. The van der Waals surface area contributed by atoms with Gasteiger partial charge in [-0.3, -0.25) is 0 Å². The maximum atomic E-state index is 5.69. The van der Waals surface area contributed by atoms with E-state index in [9.17, 15) is 0 Å². The quantitative estimate of drug-likeness (QED) is 0.685. The van der Waals surface area contributed by atoms with Crippen molar-refractivity contribution in [1.29, 1.82) is 0 Å². The highest BCUT2D eigenvalue weighted by Crippen LogP contribution is 2.28. The van der Waals surface area contributed by atoms with Crippen molar-refractivity contribution in [2.24, 2.45) is 0 Å². The maximum Gasteiger partial charge on any atom is 0.119 e. The van der Waals surface area contributed by atoms with Crippen LogP contribution in [0.1, 0.15) is 30.9 Å². The normalized spacial score (nSPS) is 10.5. The molecule has 2 rings (SSSR count). The molecule has 0 atom stereocenters. The smallest absolute Gasteiger partial charge is 0.119 e. The molecule has 0 aliphatic carbocycles. The van der Waals surface area contributed by atoms with Gasteiger partial charge in [-0.05, 0) is 60.7 Å². The molecule has 19 heavy (non-hydrogen) atoms. The topological polar surface area (TPSA) is 9.23 Å². The zero-order valence-electron chi connectivity index (χ0n) is 12.0. The summed E-state index contributed by atoms with van der Waals surface area (Å²) in [7, 11) is 0. The summed E-state index contributed by atoms with van der Waals surface area (Å²) in [5.74, 6) is 0.954. The Morgan fingerprint density at radius 2 is 1.63 bits per heavy atom. The van der Waals surface area contributed by atoms with E-state index in [4.69, 9.17) is 4.74 Å². The summed E-state index contributed by atoms with van der Waals surface area (Å²) in [5.41, 5.74) is 5.07. The molecule has 0 aromatic heterocycles. The Morgan fingerprint density at radius 1 is 1.00 bits per heavy atom. The van der Waals surface area contributed by atoms with E-state index in [1.807, 2.05) is 12.1 Å². The molecule has 2 aromatic rings. The van der Waals surface area contributed by atoms with E-state index in [0.717, 1.165) is 25.2 Å². The number of aryl methyl sites for hydroxylation is 2. The van der Waals surface area contributed by atoms with Gasteiger partial charge in [0.15, 0.2) is 0 Å². The Hall–Kier alpha value is -1.76. The molecule has 0 N–H and O–H groups in total. The summed E-state index contributed by atoms with van der Waals surface area (Å²) in [6.45, 7) is 7.23. The zero-order chi connectivity index (χ0) is 13.7. The first-order valence-corrected chi connectivity index (χ1v) is 6.93. The molecule has 1 radical (unpaired) electrons. The van der Waals surface area contributed by atoms with Gasteiger partial charge in [0.05, 0.1) is 6.61 Å². The fourth-order valence-corrected chi connectivity index (χ4v) is 2.25. The average Bonchev–Trinajstić information content (AvgIpc) is 2.40. The number of hydrogen-bond donors (Lipinski definition) is 0. The lowest BCUT2D eigenvalue weighted by molar-refractivity contribution is 0.309. The van der Waals surface area contributed by atoms with Crippen molar-refractivity contribution in [1.82, 2.24) is 0 Å². The van der Waals surface area contributed by atoms with Gasteiger partial charge in [0.25, 0.3) is 0 Å². The Bertz CT molecular complexity index is 506. The third-order valence-corrected chi connectivity index (χ3v) is 3.30. The first-order chi connectivity index (χ1) is 9.22. The van der Waals surface area contributed by atoms with Crippen molar-refractivity contribution in [3.63, 3.8) is 0 Å². The first kappa shape index (κ1) is 13.7. The number of benzene rings is 2. The molecule has 0 saturated heterocycles. The van der Waals surface area contributed by atoms with E-state index in [1.54, 1.807) is 0 Å². The highest BCUT2D eigenvalue weighted by atomic mass is 16.5. The monoisotopic (exact) mass is 253 g/mol. The number of unbranched alkanes of at least 4 members (excludes halogenated alkanes) is 1. The lowest BCUT2D eigenvalue weighted by Gasteiger charge is -2.11. The van der Waals surface area contributed by atoms with Crippen LogP contribution in [0.15, 0.2) is 36.4 Å². The Morgan fingerprint density at radius 3 is 2.21 bits per heavy atom. The third-order valence-electron chi connectivity index (χ3n) is 3.30. The summed E-state index contributed by atoms with van der Waals surface area (Å²) >= 11 is 0. The molecule has 0 aliphatic heterocycles. The minimum absolute atomic E-state index is 0.800. The van der Waals surface area contributed by atoms with Crippen molar-refractivity contribution < 1.29 is 4.74 Å². The van der Waals surface area contributed by atoms with Gasteiger partial charge in [-0.15, -0.1) is 0 Å². The number of ether oxygens (including phenoxy) is 1. The second kappa shape index (κ2) is 6.42. The fourth-order valence-electron chi connectivity index (χ4n) is 2.25. The molecule has 1 heteroatoms. The molecular formula is C18H21O. The average molecular weight is 253 g/mol. The summed E-state index contributed by atoms with van der Waals surface area (Å²) < 4.78 is 5.69. The summed E-state index contributed by atoms with van der Waals surface area (Å²) in [6.07, 6.45) is 2.27. The van der Waals surface area contributed by atoms with Gasteiger partial charge >= 0.3 is 0 Å². The van der Waals surface area contributed by atoms with Gasteiger partial charge in [0.1, 0.15) is 5.75 Å². The van der Waals surface area contributed by atoms with Gasteiger partial charge in [-0.25, -0.2) is 0 Å². The fraction of sp³-hybridized carbons (Fsp3) is 0.333. The Labute approximate surface area is 116 Å². The standard InChI is InChI=1S/C18H21O/c1-4-5-13-19-17-11-9-16(10-12-17)18-14(2)7-6-8-15(18)3/h7-12H,4-5,13H2,1-3H3. The largest absolute Gasteiger partial charge is 0.494 e. The minimum atomic E-state index is 0.800. The van der Waals surface area contributed by atoms with Gasteiger partial charge < -0.3 is 4.74 Å². The minimum Gasteiger partial charge on any atom is -0.494 e. The van der Waals surface area contributed by atoms with E-state index < -0.39 is 0 Å². The van der Waals surface area contributed by atoms with Gasteiger partial charge in [0.2, 0.25) is 0 Å². The molecule has 0 unspecified atom stereocenters. The van der Waals surface area contributed by atoms with Crippen LogP contribution < -0.4 is 4.74 Å². The molecule has 0 saturated carbocycles. The summed E-state index contributed by atoms with van der Waals surface area (Å²) in [5, 5.41) is 0. The van der Waals surface area contributed by atoms with Crippen molar-refractivity contribution in [3.8, 4) is 16.9 Å². The molecule has 99 valence electrons. The summed E-state index contributed by atoms with van der Waals surface area (Å²) in [6, 6.07) is 15.6. The van der Waals surface area contributed by atoms with Crippen LogP contribution in [-0.4, -0.2) is 6.61 Å². The predicted molar refractivity (Wildman–Crippen MR) is 80.6 cm³/mol. The summed E-state index contributed by atoms with van der Waals surface area (Å²) in [4.78, 5) is 0. The van der Waals surface area contributed by atoms with E-state index in [1.165, 1.54) is 22.3 Å². The van der Waals surface area contributed by atoms with Crippen molar-refractivity contribution in [3.05, 3.63) is 53.6 Å². The molecule has 0 amide bonds. The van der Waals surface area contributed by atoms with Gasteiger partial charge in [-0.2, -0.15) is 0 Å². The van der Waals surface area contributed by atoms with E-state index >= 15 is 0 Å². The predicted octanol–water partition coefficient (Wildman–Crippen LogP) is 4.95. The maximum absolute atomic E-state index is 5.69. The van der Waals surface area contributed by atoms with Crippen LogP contribution in [0.4, 0.5) is 0 Å². The Balaban J connectivity index is 2.18. The third kappa shape index (κ3) is 3.37. The molecule has 2 aromatic carbocycles. The molecular weight excluding hydrogens is 232 g/mol. The van der Waals surface area contributed by atoms with Gasteiger partial charge in [0, 0.05) is 0 Å². The highest BCUT2D eigenvalue weighted by molar-refractivity contribution is 5.71. The van der Waals surface area contributed by atoms with Crippen LogP contribution in [0.3, 0.4) is 0 Å². The van der Waals surface area contributed by atoms with E-state index in [2.05, 4.69) is 51.1 Å². The highest BCUT2D eigenvalue weighted by Gasteiger charge is 2.05. The molecule has 0 aliphatic rings. The van der Waals surface area contributed by atoms with Crippen LogP contribution >= 0.6 is 0 Å². The van der Waals surface area contributed by atoms with Crippen LogP contribution in [0.5, 0.6) is 5.75 Å². The zero-order valence-corrected chi connectivity index (χ0v) is 12.0. The van der Waals surface area contributed by atoms with Crippen molar-refractivity contribution >= 4 is 0 Å². The molecule has 0 spiro atoms. The lowest BCUT2D eigenvalue weighted by atomic mass is 9.96. The van der Waals surface area contributed by atoms with Crippen LogP contribution in [0.2, 0.25) is 0 Å². The van der Waals surface area contributed by atoms with Crippen LogP contribution in [0.25, 0.3) is 11.1 Å². The van der Waals surface area contributed by atoms with Crippen LogP contribution in [-0.2, 0) is 0 Å². The molecule has 1 nitrogen and oxygen atoms in total. The number of hydrogen-bond acceptors (Lipinski definition) is 1. The molecule has 0 bridgehead atoms. The second-order valence-corrected chi connectivity index (χ2v) is 4.92. The SMILES string of the molecule is CCCCOc1ccc(-c2c(C)c[c]cc2C)cc1. The van der Waals surface area contributed by atoms with Crippen LogP contribution in [0, 0.1) is 19.9 Å². The van der Waals surface area contributed by atoms with E-state index in [-0.39, 0.29) is 0 Å². The van der Waals surface area contributed by atoms with Crippen molar-refractivity contribution in [2.45, 2.75) is 33.6 Å². The first-order valence-electron chi connectivity index (χ1n) is 6.93. The Kier molecular flexibility index (Phi) is 4.62. The van der Waals surface area contributed by atoms with Gasteiger partial charge in [-0.1, -0.05) is 37.6 Å². The van der Waals surface area contributed by atoms with E-state index in [0.29, 0.717) is 0 Å².